The van der Waals surface area contributed by atoms with Gasteiger partial charge in [-0.05, 0) is 18.2 Å². The molecule has 20 heavy (non-hydrogen) atoms. The number of methoxy groups -OCH3 is 1. The number of ether oxygens (including phenoxy) is 1. The van der Waals surface area contributed by atoms with E-state index in [1.165, 1.54) is 7.11 Å². The molecule has 0 spiro atoms. The van der Waals surface area contributed by atoms with Crippen LogP contribution in [0.1, 0.15) is 5.56 Å². The molecule has 0 unspecified atom stereocenters. The number of nitrogens with zero attached hydrogens (tertiary/aromatic N) is 1. The van der Waals surface area contributed by atoms with Gasteiger partial charge in [-0.2, -0.15) is 0 Å². The van der Waals surface area contributed by atoms with Crippen molar-refractivity contribution in [1.29, 1.82) is 0 Å². The van der Waals surface area contributed by atoms with Gasteiger partial charge in [-0.25, -0.2) is 4.39 Å². The number of benzene rings is 2. The Labute approximate surface area is 118 Å². The van der Waals surface area contributed by atoms with Gasteiger partial charge in [0.1, 0.15) is 0 Å². The third-order valence-electron chi connectivity index (χ3n) is 3.57. The van der Waals surface area contributed by atoms with Crippen molar-refractivity contribution in [3.63, 3.8) is 0 Å². The van der Waals surface area contributed by atoms with Gasteiger partial charge in [0.15, 0.2) is 11.6 Å². The smallest absolute Gasteiger partial charge is 0.170 e. The van der Waals surface area contributed by atoms with Crippen LogP contribution in [0, 0.1) is 5.82 Å². The number of fused-ring (bicyclic) bond motifs is 1. The summed E-state index contributed by atoms with van der Waals surface area (Å²) >= 11 is 0. The summed E-state index contributed by atoms with van der Waals surface area (Å²) in [4.78, 5) is 2.18. The van der Waals surface area contributed by atoms with Crippen LogP contribution in [0.15, 0.2) is 42.5 Å². The fraction of sp³-hybridized carbons (Fsp3) is 0.250. The zero-order chi connectivity index (χ0) is 13.9. The van der Waals surface area contributed by atoms with Crippen molar-refractivity contribution >= 4 is 11.4 Å². The van der Waals surface area contributed by atoms with Crippen LogP contribution in [-0.2, 0) is 6.54 Å². The fourth-order valence-electron chi connectivity index (χ4n) is 2.55. The Balaban J connectivity index is 1.90. The minimum atomic E-state index is -0.272. The SMILES string of the molecule is COc1cccc(CN2CCNc3ccccc32)c1F. The third kappa shape index (κ3) is 2.29. The van der Waals surface area contributed by atoms with Crippen molar-refractivity contribution in [3.8, 4) is 5.75 Å². The van der Waals surface area contributed by atoms with Crippen LogP contribution in [0.4, 0.5) is 15.8 Å². The molecule has 1 heterocycles. The van der Waals surface area contributed by atoms with Gasteiger partial charge >= 0.3 is 0 Å². The lowest BCUT2D eigenvalue weighted by Crippen LogP contribution is -2.33. The van der Waals surface area contributed by atoms with Crippen molar-refractivity contribution in [3.05, 3.63) is 53.8 Å². The number of hydrogen-bond donors (Lipinski definition) is 1. The van der Waals surface area contributed by atoms with Gasteiger partial charge in [0.05, 0.1) is 18.5 Å². The molecule has 2 aromatic carbocycles. The lowest BCUT2D eigenvalue weighted by atomic mass is 10.1. The second-order valence-corrected chi connectivity index (χ2v) is 4.80. The molecule has 4 heteroatoms. The summed E-state index contributed by atoms with van der Waals surface area (Å²) in [6, 6.07) is 13.4. The molecule has 0 bridgehead atoms. The normalized spacial score (nSPS) is 13.6. The molecule has 0 saturated heterocycles. The summed E-state index contributed by atoms with van der Waals surface area (Å²) in [7, 11) is 1.49. The van der Waals surface area contributed by atoms with E-state index in [0.29, 0.717) is 17.9 Å². The van der Waals surface area contributed by atoms with E-state index in [0.717, 1.165) is 24.5 Å². The highest BCUT2D eigenvalue weighted by Crippen LogP contribution is 2.30. The van der Waals surface area contributed by atoms with Crippen LogP contribution >= 0.6 is 0 Å². The predicted molar refractivity (Wildman–Crippen MR) is 78.9 cm³/mol. The molecule has 0 saturated carbocycles. The maximum Gasteiger partial charge on any atom is 0.170 e. The van der Waals surface area contributed by atoms with Gasteiger partial charge in [-0.3, -0.25) is 0 Å². The molecule has 0 radical (unpaired) electrons. The lowest BCUT2D eigenvalue weighted by Gasteiger charge is -2.32. The molecule has 1 N–H and O–H groups in total. The summed E-state index contributed by atoms with van der Waals surface area (Å²) in [5, 5.41) is 3.36. The highest BCUT2D eigenvalue weighted by molar-refractivity contribution is 5.72. The quantitative estimate of drug-likeness (QED) is 0.928. The fourth-order valence-corrected chi connectivity index (χ4v) is 2.55. The van der Waals surface area contributed by atoms with E-state index in [4.69, 9.17) is 4.74 Å². The first kappa shape index (κ1) is 12.8. The topological polar surface area (TPSA) is 24.5 Å². The zero-order valence-corrected chi connectivity index (χ0v) is 11.4. The Hall–Kier alpha value is -2.23. The van der Waals surface area contributed by atoms with Crippen molar-refractivity contribution in [2.45, 2.75) is 6.54 Å². The summed E-state index contributed by atoms with van der Waals surface area (Å²) in [5.74, 6) is 0.0249. The van der Waals surface area contributed by atoms with E-state index >= 15 is 0 Å². The van der Waals surface area contributed by atoms with E-state index in [1.807, 2.05) is 30.3 Å². The lowest BCUT2D eigenvalue weighted by molar-refractivity contribution is 0.384. The molecule has 0 fully saturated rings. The molecule has 0 atom stereocenters. The molecule has 0 aromatic heterocycles. The molecule has 1 aliphatic rings. The van der Waals surface area contributed by atoms with Crippen molar-refractivity contribution in [2.75, 3.05) is 30.4 Å². The molecule has 3 rings (SSSR count). The monoisotopic (exact) mass is 272 g/mol. The molecular formula is C16H17FN2O. The molecule has 3 nitrogen and oxygen atoms in total. The van der Waals surface area contributed by atoms with Crippen LogP contribution in [-0.4, -0.2) is 20.2 Å². The maximum absolute atomic E-state index is 14.2. The first-order valence-electron chi connectivity index (χ1n) is 6.69. The Morgan fingerprint density at radius 2 is 2.05 bits per heavy atom. The van der Waals surface area contributed by atoms with Crippen LogP contribution in [0.25, 0.3) is 0 Å². The average molecular weight is 272 g/mol. The van der Waals surface area contributed by atoms with Crippen LogP contribution in [0.2, 0.25) is 0 Å². The van der Waals surface area contributed by atoms with E-state index in [9.17, 15) is 4.39 Å². The van der Waals surface area contributed by atoms with E-state index < -0.39 is 0 Å². The second-order valence-electron chi connectivity index (χ2n) is 4.80. The molecule has 2 aromatic rings. The highest BCUT2D eigenvalue weighted by atomic mass is 19.1. The van der Waals surface area contributed by atoms with Crippen molar-refractivity contribution < 1.29 is 9.13 Å². The highest BCUT2D eigenvalue weighted by Gasteiger charge is 2.18. The largest absolute Gasteiger partial charge is 0.494 e. The van der Waals surface area contributed by atoms with Crippen molar-refractivity contribution in [2.24, 2.45) is 0 Å². The molecule has 1 aliphatic heterocycles. The summed E-state index contributed by atoms with van der Waals surface area (Å²) in [6.07, 6.45) is 0. The zero-order valence-electron chi connectivity index (χ0n) is 11.4. The minimum absolute atomic E-state index is 0.272. The maximum atomic E-state index is 14.2. The van der Waals surface area contributed by atoms with Gasteiger partial charge < -0.3 is 15.0 Å². The third-order valence-corrected chi connectivity index (χ3v) is 3.57. The van der Waals surface area contributed by atoms with E-state index in [2.05, 4.69) is 16.3 Å². The Kier molecular flexibility index (Phi) is 3.46. The van der Waals surface area contributed by atoms with E-state index in [1.54, 1.807) is 6.07 Å². The van der Waals surface area contributed by atoms with Crippen molar-refractivity contribution in [1.82, 2.24) is 0 Å². The van der Waals surface area contributed by atoms with Gasteiger partial charge in [0, 0.05) is 25.2 Å². The molecule has 0 amide bonds. The predicted octanol–water partition coefficient (Wildman–Crippen LogP) is 3.27. The number of rotatable bonds is 3. The second kappa shape index (κ2) is 5.41. The van der Waals surface area contributed by atoms with E-state index in [-0.39, 0.29) is 5.82 Å². The average Bonchev–Trinajstić information content (AvgIpc) is 2.50. The van der Waals surface area contributed by atoms with Crippen LogP contribution in [0.5, 0.6) is 5.75 Å². The Morgan fingerprint density at radius 3 is 2.90 bits per heavy atom. The summed E-state index contributed by atoms with van der Waals surface area (Å²) < 4.78 is 19.3. The number of nitrogens with one attached hydrogen (secondary N) is 1. The van der Waals surface area contributed by atoms with Gasteiger partial charge in [0.2, 0.25) is 0 Å². The first-order valence-corrected chi connectivity index (χ1v) is 6.69. The first-order chi connectivity index (χ1) is 9.79. The number of halogens is 1. The minimum Gasteiger partial charge on any atom is -0.494 e. The molecular weight excluding hydrogens is 255 g/mol. The Bertz CT molecular complexity index is 615. The van der Waals surface area contributed by atoms with Gasteiger partial charge in [-0.1, -0.05) is 24.3 Å². The molecule has 0 aliphatic carbocycles. The van der Waals surface area contributed by atoms with Gasteiger partial charge in [-0.15, -0.1) is 0 Å². The number of hydrogen-bond acceptors (Lipinski definition) is 3. The Morgan fingerprint density at radius 1 is 1.20 bits per heavy atom. The number of para-hydroxylation sites is 2. The van der Waals surface area contributed by atoms with Gasteiger partial charge in [0.25, 0.3) is 0 Å². The van der Waals surface area contributed by atoms with Crippen LogP contribution in [0.3, 0.4) is 0 Å². The summed E-state index contributed by atoms with van der Waals surface area (Å²) in [5.41, 5.74) is 2.86. The summed E-state index contributed by atoms with van der Waals surface area (Å²) in [6.45, 7) is 2.26. The van der Waals surface area contributed by atoms with Crippen LogP contribution < -0.4 is 15.0 Å². The standard InChI is InChI=1S/C16H17FN2O/c1-20-15-8-4-5-12(16(15)17)11-19-10-9-18-13-6-2-3-7-14(13)19/h2-8,18H,9-11H2,1H3. The number of anilines is 2. The molecule has 104 valence electrons.